The van der Waals surface area contributed by atoms with E-state index in [4.69, 9.17) is 0 Å². The minimum Gasteiger partial charge on any atom is -0.244 e. The van der Waals surface area contributed by atoms with Crippen LogP contribution in [0.3, 0.4) is 0 Å². The lowest BCUT2D eigenvalue weighted by Crippen LogP contribution is -1.89. The first-order valence-corrected chi connectivity index (χ1v) is 3.16. The van der Waals surface area contributed by atoms with Crippen molar-refractivity contribution in [2.24, 2.45) is 0 Å². The van der Waals surface area contributed by atoms with Crippen molar-refractivity contribution in [3.05, 3.63) is 22.7 Å². The summed E-state index contributed by atoms with van der Waals surface area (Å²) in [5.74, 6) is 0. The van der Waals surface area contributed by atoms with Gasteiger partial charge in [-0.15, -0.1) is 0 Å². The minimum absolute atomic E-state index is 0.302. The molecule has 0 bridgehead atoms. The molecule has 0 unspecified atom stereocenters. The molecule has 3 nitrogen and oxygen atoms in total. The molecule has 0 aromatic carbocycles. The molecular formula is C5H4BrN2O. The second-order valence-corrected chi connectivity index (χ2v) is 2.32. The maximum atomic E-state index is 10.2. The number of aromatic nitrogens is 2. The highest BCUT2D eigenvalue weighted by atomic mass is 79.9. The maximum absolute atomic E-state index is 10.2. The Kier molecular flexibility index (Phi) is 2.13. The predicted octanol–water partition coefficient (Wildman–Crippen LogP) is 1.17. The van der Waals surface area contributed by atoms with Crippen LogP contribution < -0.4 is 0 Å². The zero-order valence-electron chi connectivity index (χ0n) is 4.54. The van der Waals surface area contributed by atoms with Gasteiger partial charge in [-0.05, 0) is 15.9 Å². The van der Waals surface area contributed by atoms with Gasteiger partial charge in [-0.3, -0.25) is 0 Å². The molecule has 1 aromatic heterocycles. The average molecular weight is 188 g/mol. The van der Waals surface area contributed by atoms with Crippen LogP contribution >= 0.6 is 15.9 Å². The summed E-state index contributed by atoms with van der Waals surface area (Å²) in [7, 11) is 0. The van der Waals surface area contributed by atoms with E-state index in [1.807, 2.05) is 0 Å². The molecule has 0 aliphatic rings. The molecule has 0 atom stereocenters. The Bertz CT molecular complexity index is 204. The second kappa shape index (κ2) is 2.89. The molecular weight excluding hydrogens is 184 g/mol. The molecule has 1 rings (SSSR count). The Morgan fingerprint density at radius 1 is 1.67 bits per heavy atom. The summed E-state index contributed by atoms with van der Waals surface area (Å²) >= 11 is 3.13. The molecule has 47 valence electrons. The van der Waals surface area contributed by atoms with Gasteiger partial charge in [0.15, 0.2) is 0 Å². The molecule has 0 saturated carbocycles. The Balaban J connectivity index is 3.01. The van der Waals surface area contributed by atoms with Gasteiger partial charge >= 0.3 is 0 Å². The molecule has 0 saturated heterocycles. The van der Waals surface area contributed by atoms with E-state index in [0.29, 0.717) is 10.2 Å². The number of hydrogen-bond acceptors (Lipinski definition) is 2. The summed E-state index contributed by atoms with van der Waals surface area (Å²) in [6, 6.07) is 0. The normalized spacial score (nSPS) is 9.56. The number of nitrogens with zero attached hydrogens (tertiary/aromatic N) is 2. The lowest BCUT2D eigenvalue weighted by molar-refractivity contribution is 0.173. The third-order valence-corrected chi connectivity index (χ3v) is 1.54. The largest absolute Gasteiger partial charge is 0.244 e. The van der Waals surface area contributed by atoms with Crippen molar-refractivity contribution in [3.63, 3.8) is 0 Å². The van der Waals surface area contributed by atoms with Gasteiger partial charge in [0.25, 0.3) is 0 Å². The van der Waals surface area contributed by atoms with Gasteiger partial charge < -0.3 is 0 Å². The average Bonchev–Trinajstić information content (AvgIpc) is 1.89. The van der Waals surface area contributed by atoms with E-state index in [0.717, 1.165) is 0 Å². The predicted molar refractivity (Wildman–Crippen MR) is 34.1 cm³/mol. The van der Waals surface area contributed by atoms with Crippen molar-refractivity contribution in [3.8, 4) is 0 Å². The van der Waals surface area contributed by atoms with Crippen molar-refractivity contribution in [1.29, 1.82) is 0 Å². The lowest BCUT2D eigenvalue weighted by atomic mass is 10.4. The molecule has 1 aromatic rings. The van der Waals surface area contributed by atoms with Gasteiger partial charge in [0.05, 0.1) is 10.2 Å². The van der Waals surface area contributed by atoms with Crippen molar-refractivity contribution in [2.75, 3.05) is 0 Å². The summed E-state index contributed by atoms with van der Waals surface area (Å²) in [4.78, 5) is 7.42. The van der Waals surface area contributed by atoms with Crippen LogP contribution in [0.15, 0.2) is 17.0 Å². The summed E-state index contributed by atoms with van der Waals surface area (Å²) in [5.41, 5.74) is 0.505. The first-order chi connectivity index (χ1) is 4.34. The van der Waals surface area contributed by atoms with E-state index in [-0.39, 0.29) is 6.61 Å². The zero-order chi connectivity index (χ0) is 6.69. The monoisotopic (exact) mass is 187 g/mol. The van der Waals surface area contributed by atoms with Crippen LogP contribution in [-0.2, 0) is 11.7 Å². The molecule has 0 spiro atoms. The summed E-state index contributed by atoms with van der Waals surface area (Å²) in [6.45, 7) is -0.302. The molecule has 1 radical (unpaired) electrons. The third-order valence-electron chi connectivity index (χ3n) is 0.881. The first kappa shape index (κ1) is 6.64. The van der Waals surface area contributed by atoms with Crippen molar-refractivity contribution >= 4 is 15.9 Å². The Morgan fingerprint density at radius 3 is 2.89 bits per heavy atom. The molecule has 0 aliphatic carbocycles. The fraction of sp³-hybridized carbons (Fsp3) is 0.200. The number of hydrogen-bond donors (Lipinski definition) is 0. The number of rotatable bonds is 1. The van der Waals surface area contributed by atoms with E-state index in [9.17, 15) is 5.11 Å². The third kappa shape index (κ3) is 1.46. The Labute approximate surface area is 60.9 Å². The first-order valence-electron chi connectivity index (χ1n) is 2.37. The summed E-state index contributed by atoms with van der Waals surface area (Å²) in [5, 5.41) is 10.2. The van der Waals surface area contributed by atoms with Crippen molar-refractivity contribution in [2.45, 2.75) is 6.61 Å². The minimum atomic E-state index is -0.302. The SMILES string of the molecule is [O]Cc1ncncc1Br. The van der Waals surface area contributed by atoms with E-state index in [2.05, 4.69) is 25.9 Å². The van der Waals surface area contributed by atoms with Crippen LogP contribution in [0.2, 0.25) is 0 Å². The van der Waals surface area contributed by atoms with Gasteiger partial charge in [-0.1, -0.05) is 0 Å². The van der Waals surface area contributed by atoms with E-state index in [1.165, 1.54) is 6.33 Å². The van der Waals surface area contributed by atoms with E-state index < -0.39 is 0 Å². The number of halogens is 1. The van der Waals surface area contributed by atoms with Crippen LogP contribution in [0, 0.1) is 0 Å². The summed E-state index contributed by atoms with van der Waals surface area (Å²) in [6.07, 6.45) is 2.91. The quantitative estimate of drug-likeness (QED) is 0.663. The van der Waals surface area contributed by atoms with Gasteiger partial charge in [-0.25, -0.2) is 15.1 Å². The topological polar surface area (TPSA) is 45.7 Å². The zero-order valence-corrected chi connectivity index (χ0v) is 6.13. The van der Waals surface area contributed by atoms with E-state index in [1.54, 1.807) is 6.20 Å². The van der Waals surface area contributed by atoms with Crippen LogP contribution in [0.25, 0.3) is 0 Å². The van der Waals surface area contributed by atoms with Crippen LogP contribution in [-0.4, -0.2) is 9.97 Å². The second-order valence-electron chi connectivity index (χ2n) is 1.46. The van der Waals surface area contributed by atoms with Crippen molar-refractivity contribution in [1.82, 2.24) is 9.97 Å². The smallest absolute Gasteiger partial charge is 0.126 e. The summed E-state index contributed by atoms with van der Waals surface area (Å²) < 4.78 is 0.681. The van der Waals surface area contributed by atoms with Gasteiger partial charge in [0, 0.05) is 6.20 Å². The highest BCUT2D eigenvalue weighted by Gasteiger charge is 1.96. The van der Waals surface area contributed by atoms with Crippen LogP contribution in [0.4, 0.5) is 0 Å². The van der Waals surface area contributed by atoms with Crippen LogP contribution in [0.1, 0.15) is 5.69 Å². The fourth-order valence-electron chi connectivity index (χ4n) is 0.444. The van der Waals surface area contributed by atoms with E-state index >= 15 is 0 Å². The van der Waals surface area contributed by atoms with Gasteiger partial charge in [0.2, 0.25) is 0 Å². The molecule has 0 fully saturated rings. The Morgan fingerprint density at radius 2 is 2.44 bits per heavy atom. The van der Waals surface area contributed by atoms with Gasteiger partial charge in [-0.2, -0.15) is 0 Å². The molecule has 4 heteroatoms. The lowest BCUT2D eigenvalue weighted by Gasteiger charge is -1.92. The highest BCUT2D eigenvalue weighted by Crippen LogP contribution is 2.10. The molecule has 0 aliphatic heterocycles. The maximum Gasteiger partial charge on any atom is 0.126 e. The molecule has 0 amide bonds. The molecule has 9 heavy (non-hydrogen) atoms. The standard InChI is InChI=1S/C5H4BrN2O/c6-4-1-7-3-8-5(4)2-9/h1,3H,2H2. The molecule has 0 N–H and O–H groups in total. The molecule has 1 heterocycles. The Hall–Kier alpha value is -0.480. The van der Waals surface area contributed by atoms with Crippen molar-refractivity contribution < 1.29 is 5.11 Å². The van der Waals surface area contributed by atoms with Gasteiger partial charge in [0.1, 0.15) is 12.9 Å². The highest BCUT2D eigenvalue weighted by molar-refractivity contribution is 9.10. The van der Waals surface area contributed by atoms with Crippen LogP contribution in [0.5, 0.6) is 0 Å². The fourth-order valence-corrected chi connectivity index (χ4v) is 0.779.